The first-order valence-electron chi connectivity index (χ1n) is 8.95. The van der Waals surface area contributed by atoms with Gasteiger partial charge in [0.2, 0.25) is 0 Å². The van der Waals surface area contributed by atoms with Crippen molar-refractivity contribution < 1.29 is 4.43 Å². The van der Waals surface area contributed by atoms with Crippen molar-refractivity contribution in [3.05, 3.63) is 60.7 Å². The molecule has 1 aliphatic rings. The summed E-state index contributed by atoms with van der Waals surface area (Å²) in [4.78, 5) is 0. The van der Waals surface area contributed by atoms with E-state index in [-0.39, 0.29) is 10.6 Å². The summed E-state index contributed by atoms with van der Waals surface area (Å²) in [6, 6.07) is 21.7. The summed E-state index contributed by atoms with van der Waals surface area (Å²) in [5.41, 5.74) is 6.03. The van der Waals surface area contributed by atoms with Crippen LogP contribution in [0.15, 0.2) is 60.7 Å². The molecular weight excluding hydrogens is 310 g/mol. The van der Waals surface area contributed by atoms with Crippen LogP contribution in [0.25, 0.3) is 0 Å². The SMILES string of the molecule is CC(C)(C)[Si](OC1(CN)CCC1)(c1ccccc1)c1ccccc1. The van der Waals surface area contributed by atoms with Crippen LogP contribution in [0.1, 0.15) is 40.0 Å². The van der Waals surface area contributed by atoms with Crippen LogP contribution in [0.5, 0.6) is 0 Å². The van der Waals surface area contributed by atoms with Crippen molar-refractivity contribution in [1.29, 1.82) is 0 Å². The minimum atomic E-state index is -2.46. The van der Waals surface area contributed by atoms with Crippen molar-refractivity contribution in [2.75, 3.05) is 6.54 Å². The van der Waals surface area contributed by atoms with Crippen LogP contribution in [0.4, 0.5) is 0 Å². The molecule has 0 saturated heterocycles. The Morgan fingerprint density at radius 3 is 1.67 bits per heavy atom. The summed E-state index contributed by atoms with van der Waals surface area (Å²) in [6.07, 6.45) is 3.37. The fraction of sp³-hybridized carbons (Fsp3) is 0.429. The minimum absolute atomic E-state index is 0.0213. The van der Waals surface area contributed by atoms with E-state index in [9.17, 15) is 0 Å². The van der Waals surface area contributed by atoms with Crippen molar-refractivity contribution in [2.45, 2.75) is 50.7 Å². The topological polar surface area (TPSA) is 35.2 Å². The number of benzene rings is 2. The maximum absolute atomic E-state index is 7.16. The van der Waals surface area contributed by atoms with Gasteiger partial charge in [-0.2, -0.15) is 0 Å². The molecule has 2 N–H and O–H groups in total. The van der Waals surface area contributed by atoms with Gasteiger partial charge < -0.3 is 10.2 Å². The Labute approximate surface area is 147 Å². The second-order valence-electron chi connectivity index (χ2n) is 8.01. The molecule has 2 aromatic rings. The van der Waals surface area contributed by atoms with Crippen LogP contribution in [-0.2, 0) is 4.43 Å². The highest BCUT2D eigenvalue weighted by Gasteiger charge is 2.55. The first kappa shape index (κ1) is 17.4. The van der Waals surface area contributed by atoms with Gasteiger partial charge in [-0.15, -0.1) is 0 Å². The number of hydrogen-bond donors (Lipinski definition) is 1. The standard InChI is InChI=1S/C21H29NOSi/c1-20(2,3)24(18-11-6-4-7-12-18,19-13-8-5-9-14-19)23-21(17-22)15-10-16-21/h4-9,11-14H,10,15-17,22H2,1-3H3. The van der Waals surface area contributed by atoms with Crippen molar-refractivity contribution in [1.82, 2.24) is 0 Å². The van der Waals surface area contributed by atoms with E-state index in [0.29, 0.717) is 6.54 Å². The van der Waals surface area contributed by atoms with E-state index in [4.69, 9.17) is 10.2 Å². The van der Waals surface area contributed by atoms with E-state index >= 15 is 0 Å². The van der Waals surface area contributed by atoms with Gasteiger partial charge >= 0.3 is 0 Å². The average molecular weight is 340 g/mol. The van der Waals surface area contributed by atoms with Gasteiger partial charge in [0.1, 0.15) is 0 Å². The van der Waals surface area contributed by atoms with Crippen molar-refractivity contribution in [3.63, 3.8) is 0 Å². The Balaban J connectivity index is 2.21. The second-order valence-corrected chi connectivity index (χ2v) is 12.2. The van der Waals surface area contributed by atoms with Gasteiger partial charge in [-0.25, -0.2) is 0 Å². The molecule has 0 aliphatic heterocycles. The maximum Gasteiger partial charge on any atom is 0.261 e. The molecule has 24 heavy (non-hydrogen) atoms. The van der Waals surface area contributed by atoms with Gasteiger partial charge in [-0.05, 0) is 34.7 Å². The zero-order valence-electron chi connectivity index (χ0n) is 15.1. The molecule has 0 atom stereocenters. The molecule has 0 aromatic heterocycles. The van der Waals surface area contributed by atoms with Crippen LogP contribution < -0.4 is 16.1 Å². The first-order chi connectivity index (χ1) is 11.4. The van der Waals surface area contributed by atoms with Crippen LogP contribution in [-0.4, -0.2) is 20.5 Å². The Morgan fingerprint density at radius 2 is 1.38 bits per heavy atom. The largest absolute Gasteiger partial charge is 0.401 e. The molecule has 1 saturated carbocycles. The molecular formula is C21H29NOSi. The predicted octanol–water partition coefficient (Wildman–Crippen LogP) is 3.44. The van der Waals surface area contributed by atoms with Crippen molar-refractivity contribution >= 4 is 18.7 Å². The molecule has 2 nitrogen and oxygen atoms in total. The lowest BCUT2D eigenvalue weighted by molar-refractivity contribution is -0.00775. The third kappa shape index (κ3) is 2.85. The Bertz CT molecular complexity index is 614. The normalized spacial score (nSPS) is 17.3. The Kier molecular flexibility index (Phi) is 4.69. The molecule has 2 aromatic carbocycles. The number of rotatable bonds is 5. The molecule has 0 heterocycles. The van der Waals surface area contributed by atoms with Gasteiger partial charge in [-0.1, -0.05) is 81.4 Å². The summed E-state index contributed by atoms with van der Waals surface area (Å²) in [6.45, 7) is 7.57. The van der Waals surface area contributed by atoms with Crippen molar-refractivity contribution in [2.24, 2.45) is 5.73 Å². The first-order valence-corrected chi connectivity index (χ1v) is 10.9. The summed E-state index contributed by atoms with van der Waals surface area (Å²) >= 11 is 0. The van der Waals surface area contributed by atoms with Crippen LogP contribution in [0.2, 0.25) is 5.04 Å². The van der Waals surface area contributed by atoms with Crippen molar-refractivity contribution in [3.8, 4) is 0 Å². The van der Waals surface area contributed by atoms with Crippen LogP contribution in [0.3, 0.4) is 0 Å². The molecule has 0 radical (unpaired) electrons. The molecule has 0 spiro atoms. The quantitative estimate of drug-likeness (QED) is 0.847. The highest BCUT2D eigenvalue weighted by atomic mass is 28.4. The van der Waals surface area contributed by atoms with E-state index < -0.39 is 8.32 Å². The predicted molar refractivity (Wildman–Crippen MR) is 104 cm³/mol. The molecule has 1 fully saturated rings. The van der Waals surface area contributed by atoms with E-state index in [0.717, 1.165) is 12.8 Å². The van der Waals surface area contributed by atoms with Crippen LogP contribution in [0, 0.1) is 0 Å². The van der Waals surface area contributed by atoms with E-state index in [1.165, 1.54) is 16.8 Å². The molecule has 3 rings (SSSR count). The summed E-state index contributed by atoms with van der Waals surface area (Å²) in [5, 5.41) is 2.69. The summed E-state index contributed by atoms with van der Waals surface area (Å²) in [5.74, 6) is 0. The summed E-state index contributed by atoms with van der Waals surface area (Å²) < 4.78 is 7.16. The zero-order valence-corrected chi connectivity index (χ0v) is 16.1. The van der Waals surface area contributed by atoms with Gasteiger partial charge in [0, 0.05) is 6.54 Å². The molecule has 128 valence electrons. The lowest BCUT2D eigenvalue weighted by Crippen LogP contribution is -2.71. The Morgan fingerprint density at radius 1 is 0.917 bits per heavy atom. The van der Waals surface area contributed by atoms with Gasteiger partial charge in [0.25, 0.3) is 8.32 Å². The van der Waals surface area contributed by atoms with Gasteiger partial charge in [0.15, 0.2) is 0 Å². The van der Waals surface area contributed by atoms with E-state index in [1.54, 1.807) is 0 Å². The fourth-order valence-electron chi connectivity index (χ4n) is 3.89. The molecule has 0 bridgehead atoms. The minimum Gasteiger partial charge on any atom is -0.401 e. The Hall–Kier alpha value is -1.42. The lowest BCUT2D eigenvalue weighted by atomic mass is 9.80. The number of hydrogen-bond acceptors (Lipinski definition) is 2. The lowest BCUT2D eigenvalue weighted by Gasteiger charge is -2.52. The van der Waals surface area contributed by atoms with Gasteiger partial charge in [0.05, 0.1) is 5.60 Å². The zero-order chi connectivity index (χ0) is 17.3. The smallest absolute Gasteiger partial charge is 0.261 e. The molecule has 3 heteroatoms. The van der Waals surface area contributed by atoms with E-state index in [1.807, 2.05) is 0 Å². The third-order valence-corrected chi connectivity index (χ3v) is 10.6. The highest BCUT2D eigenvalue weighted by Crippen LogP contribution is 2.44. The fourth-order valence-corrected chi connectivity index (χ4v) is 8.76. The maximum atomic E-state index is 7.16. The van der Waals surface area contributed by atoms with Crippen LogP contribution >= 0.6 is 0 Å². The second kappa shape index (κ2) is 6.47. The molecule has 1 aliphatic carbocycles. The average Bonchev–Trinajstić information content (AvgIpc) is 2.55. The summed E-state index contributed by atoms with van der Waals surface area (Å²) in [7, 11) is -2.46. The highest BCUT2D eigenvalue weighted by molar-refractivity contribution is 6.99. The third-order valence-electron chi connectivity index (χ3n) is 5.42. The molecule has 0 unspecified atom stereocenters. The van der Waals surface area contributed by atoms with Gasteiger partial charge in [-0.3, -0.25) is 0 Å². The monoisotopic (exact) mass is 339 g/mol. The molecule has 0 amide bonds. The van der Waals surface area contributed by atoms with E-state index in [2.05, 4.69) is 81.4 Å². The number of nitrogens with two attached hydrogens (primary N) is 1.